The Bertz CT molecular complexity index is 749. The van der Waals surface area contributed by atoms with Gasteiger partial charge in [-0.05, 0) is 42.6 Å². The van der Waals surface area contributed by atoms with Crippen molar-refractivity contribution < 1.29 is 35.1 Å². The van der Waals surface area contributed by atoms with Gasteiger partial charge in [0.1, 0.15) is 11.5 Å². The molecule has 0 aromatic heterocycles. The summed E-state index contributed by atoms with van der Waals surface area (Å²) in [6.45, 7) is 7.76. The van der Waals surface area contributed by atoms with E-state index in [9.17, 15) is 30.3 Å². The van der Waals surface area contributed by atoms with Crippen LogP contribution in [0.1, 0.15) is 39.5 Å². The predicted molar refractivity (Wildman–Crippen MR) is 91.8 cm³/mol. The molecule has 7 heteroatoms. The van der Waals surface area contributed by atoms with Gasteiger partial charge in [0.2, 0.25) is 5.79 Å². The minimum atomic E-state index is -2.42. The van der Waals surface area contributed by atoms with Crippen molar-refractivity contribution in [3.8, 4) is 0 Å². The minimum Gasteiger partial charge on any atom is -0.429 e. The molecule has 6 rings (SSSR count). The van der Waals surface area contributed by atoms with Crippen molar-refractivity contribution in [1.29, 1.82) is 0 Å². The van der Waals surface area contributed by atoms with E-state index >= 15 is 0 Å². The summed E-state index contributed by atoms with van der Waals surface area (Å²) in [5.74, 6) is -5.03. The molecule has 0 radical (unpaired) electrons. The molecule has 2 heterocycles. The highest BCUT2D eigenvalue weighted by Crippen LogP contribution is 2.77. The lowest BCUT2D eigenvalue weighted by atomic mass is 9.35. The second-order valence-corrected chi connectivity index (χ2v) is 10.1. The smallest absolute Gasteiger partial charge is 0.318 e. The van der Waals surface area contributed by atoms with E-state index in [1.165, 1.54) is 0 Å². The molecule has 0 aromatic rings. The third-order valence-corrected chi connectivity index (χ3v) is 8.98. The number of ether oxygens (including phenoxy) is 1. The highest BCUT2D eigenvalue weighted by atomic mass is 16.7. The Labute approximate surface area is 157 Å². The monoisotopic (exact) mass is 380 g/mol. The number of fused-ring (bicyclic) bond motifs is 2. The van der Waals surface area contributed by atoms with E-state index < -0.39 is 70.2 Å². The zero-order valence-electron chi connectivity index (χ0n) is 15.6. The van der Waals surface area contributed by atoms with Crippen LogP contribution in [0.15, 0.2) is 12.2 Å². The number of carbonyl (C=O) groups is 1. The van der Waals surface area contributed by atoms with Crippen molar-refractivity contribution in [2.75, 3.05) is 0 Å². The van der Waals surface area contributed by atoms with Gasteiger partial charge >= 0.3 is 5.97 Å². The summed E-state index contributed by atoms with van der Waals surface area (Å²) >= 11 is 0. The number of aliphatic hydroxyl groups is 5. The number of hydrogen-bond acceptors (Lipinski definition) is 7. The predicted octanol–water partition coefficient (Wildman–Crippen LogP) is -0.306. The van der Waals surface area contributed by atoms with Gasteiger partial charge in [0.05, 0.1) is 23.7 Å². The van der Waals surface area contributed by atoms with Gasteiger partial charge in [-0.2, -0.15) is 0 Å². The average Bonchev–Trinajstić information content (AvgIpc) is 2.70. The van der Waals surface area contributed by atoms with Gasteiger partial charge in [0.25, 0.3) is 0 Å². The van der Waals surface area contributed by atoms with Gasteiger partial charge in [-0.1, -0.05) is 20.4 Å². The molecular formula is C20H28O7. The van der Waals surface area contributed by atoms with E-state index in [1.807, 2.05) is 13.8 Å². The lowest BCUT2D eigenvalue weighted by molar-refractivity contribution is -0.442. The van der Waals surface area contributed by atoms with Crippen LogP contribution in [-0.4, -0.2) is 61.7 Å². The first-order valence-electron chi connectivity index (χ1n) is 9.85. The molecule has 1 unspecified atom stereocenters. The van der Waals surface area contributed by atoms with Crippen LogP contribution in [0.2, 0.25) is 0 Å². The summed E-state index contributed by atoms with van der Waals surface area (Å²) in [6.07, 6.45) is -3.25. The first-order chi connectivity index (χ1) is 12.5. The molecule has 4 bridgehead atoms. The first-order valence-corrected chi connectivity index (χ1v) is 9.85. The van der Waals surface area contributed by atoms with Crippen LogP contribution in [0, 0.1) is 34.0 Å². The molecule has 0 aromatic carbocycles. The summed E-state index contributed by atoms with van der Waals surface area (Å²) < 4.78 is 5.43. The van der Waals surface area contributed by atoms with Crippen LogP contribution in [0.4, 0.5) is 0 Å². The van der Waals surface area contributed by atoms with Crippen LogP contribution >= 0.6 is 0 Å². The first kappa shape index (κ1) is 18.1. The average molecular weight is 380 g/mol. The maximum Gasteiger partial charge on any atom is 0.318 e. The summed E-state index contributed by atoms with van der Waals surface area (Å²) in [5.41, 5.74) is -3.28. The number of rotatable bonds is 0. The quantitative estimate of drug-likeness (QED) is 0.288. The van der Waals surface area contributed by atoms with Crippen molar-refractivity contribution >= 4 is 5.97 Å². The van der Waals surface area contributed by atoms with Gasteiger partial charge in [0, 0.05) is 11.8 Å². The second-order valence-electron chi connectivity index (χ2n) is 10.1. The largest absolute Gasteiger partial charge is 0.429 e. The molecule has 4 aliphatic carbocycles. The zero-order valence-corrected chi connectivity index (χ0v) is 15.6. The van der Waals surface area contributed by atoms with Gasteiger partial charge in [0.15, 0.2) is 0 Å². The summed E-state index contributed by atoms with van der Waals surface area (Å²) in [6, 6.07) is 0. The highest BCUT2D eigenvalue weighted by Gasteiger charge is 2.89. The number of esters is 1. The Hall–Kier alpha value is -0.990. The molecule has 4 saturated carbocycles. The second kappa shape index (κ2) is 4.76. The fourth-order valence-corrected chi connectivity index (χ4v) is 7.98. The van der Waals surface area contributed by atoms with E-state index in [1.54, 1.807) is 0 Å². The Balaban J connectivity index is 1.84. The molecule has 150 valence electrons. The molecule has 5 N–H and O–H groups in total. The number of carbonyl (C=O) groups excluding carboxylic acids is 1. The van der Waals surface area contributed by atoms with Crippen molar-refractivity contribution in [3.63, 3.8) is 0 Å². The van der Waals surface area contributed by atoms with E-state index in [2.05, 4.69) is 6.58 Å². The normalized spacial score (nSPS) is 60.6. The third kappa shape index (κ3) is 1.50. The van der Waals surface area contributed by atoms with Crippen molar-refractivity contribution in [1.82, 2.24) is 0 Å². The number of aliphatic hydroxyl groups excluding tert-OH is 4. The molecule has 2 aliphatic heterocycles. The maximum atomic E-state index is 13.2. The molecule has 10 atom stereocenters. The highest BCUT2D eigenvalue weighted by molar-refractivity contribution is 5.83. The fraction of sp³-hybridized carbons (Fsp3) is 0.850. The Morgan fingerprint density at radius 2 is 1.74 bits per heavy atom. The van der Waals surface area contributed by atoms with Crippen molar-refractivity contribution in [2.24, 2.45) is 34.0 Å². The van der Waals surface area contributed by atoms with E-state index in [-0.39, 0.29) is 0 Å². The Morgan fingerprint density at radius 1 is 1.07 bits per heavy atom. The number of hydrogen-bond donors (Lipinski definition) is 5. The van der Waals surface area contributed by atoms with Gasteiger partial charge in [-0.3, -0.25) is 4.79 Å². The van der Waals surface area contributed by atoms with Gasteiger partial charge < -0.3 is 30.3 Å². The lowest BCUT2D eigenvalue weighted by Crippen LogP contribution is -2.87. The maximum absolute atomic E-state index is 13.2. The molecule has 7 nitrogen and oxygen atoms in total. The summed E-state index contributed by atoms with van der Waals surface area (Å²) in [7, 11) is 0. The van der Waals surface area contributed by atoms with Crippen LogP contribution in [0.5, 0.6) is 0 Å². The Morgan fingerprint density at radius 3 is 2.41 bits per heavy atom. The molecule has 2 saturated heterocycles. The van der Waals surface area contributed by atoms with Crippen molar-refractivity contribution in [2.45, 2.75) is 69.7 Å². The minimum absolute atomic E-state index is 0.354. The summed E-state index contributed by atoms with van der Waals surface area (Å²) in [5, 5.41) is 56.3. The van der Waals surface area contributed by atoms with Crippen LogP contribution in [0.25, 0.3) is 0 Å². The molecular weight excluding hydrogens is 352 g/mol. The zero-order chi connectivity index (χ0) is 19.7. The van der Waals surface area contributed by atoms with Crippen LogP contribution < -0.4 is 0 Å². The van der Waals surface area contributed by atoms with Gasteiger partial charge in [-0.25, -0.2) is 0 Å². The standard InChI is InChI=1S/C20H28O7/c1-8-9-4-5-10-18-11(21)6-7-17(2,3)12(18)15(24)20(26,27-16(18)25)19(10,13(8)22)14(9)23/h9-15,21-24,26H,1,4-7H2,2-3H3/t9-,10+,11+,12-,13-,14?,15+,18+,19+,20-/m1/s1. The van der Waals surface area contributed by atoms with Crippen molar-refractivity contribution in [3.05, 3.63) is 12.2 Å². The van der Waals surface area contributed by atoms with Gasteiger partial charge in [-0.15, -0.1) is 0 Å². The van der Waals surface area contributed by atoms with Crippen LogP contribution in [-0.2, 0) is 9.53 Å². The molecule has 0 amide bonds. The fourth-order valence-electron chi connectivity index (χ4n) is 7.98. The van der Waals surface area contributed by atoms with E-state index in [0.29, 0.717) is 31.3 Å². The lowest BCUT2D eigenvalue weighted by Gasteiger charge is -2.74. The SMILES string of the molecule is C=C1[C@H]2CC[C@H]3[C@@]45C(=O)O[C@](O)([C@@H](O)[C@@H]4C(C)(C)CC[C@@H]5O)[C@]3(C2O)[C@@H]1O. The third-order valence-electron chi connectivity index (χ3n) is 8.98. The molecule has 6 aliphatic rings. The molecule has 2 spiro atoms. The topological polar surface area (TPSA) is 127 Å². The van der Waals surface area contributed by atoms with E-state index in [4.69, 9.17) is 4.74 Å². The van der Waals surface area contributed by atoms with Crippen LogP contribution in [0.3, 0.4) is 0 Å². The Kier molecular flexibility index (Phi) is 3.19. The molecule has 27 heavy (non-hydrogen) atoms. The van der Waals surface area contributed by atoms with E-state index in [0.717, 1.165) is 0 Å². The molecule has 6 fully saturated rings. The summed E-state index contributed by atoms with van der Waals surface area (Å²) in [4.78, 5) is 13.2.